The number of aromatic amines is 1. The van der Waals surface area contributed by atoms with Gasteiger partial charge in [0.05, 0.1) is 28.2 Å². The first kappa shape index (κ1) is 19.7. The fourth-order valence-electron chi connectivity index (χ4n) is 2.66. The molecule has 0 saturated heterocycles. The number of nitrogens with zero attached hydrogens (tertiary/aromatic N) is 1. The van der Waals surface area contributed by atoms with Gasteiger partial charge in [0.2, 0.25) is 0 Å². The fourth-order valence-corrected chi connectivity index (χ4v) is 2.82. The molecule has 0 aliphatic carbocycles. The van der Waals surface area contributed by atoms with Crippen LogP contribution in [0.3, 0.4) is 0 Å². The number of carbonyl (C=O) groups excluding carboxylic acids is 1. The number of H-pyrrole nitrogens is 1. The second-order valence-electron chi connectivity index (χ2n) is 6.04. The van der Waals surface area contributed by atoms with Gasteiger partial charge in [0, 0.05) is 10.6 Å². The van der Waals surface area contributed by atoms with Gasteiger partial charge in [-0.3, -0.25) is 4.79 Å². The second kappa shape index (κ2) is 7.16. The average molecular weight is 412 g/mol. The highest BCUT2D eigenvalue weighted by Crippen LogP contribution is 2.33. The summed E-state index contributed by atoms with van der Waals surface area (Å²) in [6.07, 6.45) is -4.91. The first-order chi connectivity index (χ1) is 13.1. The molecule has 28 heavy (non-hydrogen) atoms. The van der Waals surface area contributed by atoms with Crippen molar-refractivity contribution in [3.05, 3.63) is 63.9 Å². The van der Waals surface area contributed by atoms with Crippen molar-refractivity contribution in [2.45, 2.75) is 19.1 Å². The zero-order valence-electron chi connectivity index (χ0n) is 14.3. The summed E-state index contributed by atoms with van der Waals surface area (Å²) in [6, 6.07) is 6.66. The predicted octanol–water partition coefficient (Wildman–Crippen LogP) is 4.42. The molecule has 3 N–H and O–H groups in total. The van der Waals surface area contributed by atoms with E-state index >= 15 is 0 Å². The van der Waals surface area contributed by atoms with Crippen LogP contribution in [0.5, 0.6) is 0 Å². The summed E-state index contributed by atoms with van der Waals surface area (Å²) >= 11 is 5.90. The number of fused-ring (bicyclic) bond motifs is 1. The number of aromatic nitrogens is 2. The number of hydrogen-bond donors (Lipinski definition) is 3. The molecule has 0 aliphatic heterocycles. The van der Waals surface area contributed by atoms with Crippen LogP contribution in [0.15, 0.2) is 36.4 Å². The molecule has 1 amide bonds. The highest BCUT2D eigenvalue weighted by atomic mass is 35.5. The first-order valence-corrected chi connectivity index (χ1v) is 8.34. The van der Waals surface area contributed by atoms with E-state index in [-0.39, 0.29) is 5.56 Å². The van der Waals surface area contributed by atoms with Crippen molar-refractivity contribution in [1.29, 1.82) is 0 Å². The van der Waals surface area contributed by atoms with Crippen molar-refractivity contribution in [3.63, 3.8) is 0 Å². The van der Waals surface area contributed by atoms with Gasteiger partial charge in [0.25, 0.3) is 5.91 Å². The van der Waals surface area contributed by atoms with E-state index < -0.39 is 35.2 Å². The van der Waals surface area contributed by atoms with Crippen molar-refractivity contribution in [3.8, 4) is 0 Å². The largest absolute Gasteiger partial charge is 0.478 e. The van der Waals surface area contributed by atoms with E-state index in [1.54, 1.807) is 25.1 Å². The third kappa shape index (κ3) is 3.94. The van der Waals surface area contributed by atoms with E-state index in [0.717, 1.165) is 12.1 Å². The normalized spacial score (nSPS) is 12.8. The van der Waals surface area contributed by atoms with E-state index in [9.17, 15) is 22.8 Å². The molecule has 0 bridgehead atoms. The lowest BCUT2D eigenvalue weighted by atomic mass is 10.0. The van der Waals surface area contributed by atoms with Crippen molar-refractivity contribution < 1.29 is 27.9 Å². The van der Waals surface area contributed by atoms with Crippen molar-refractivity contribution in [1.82, 2.24) is 15.3 Å². The zero-order chi connectivity index (χ0) is 20.6. The number of rotatable bonds is 4. The summed E-state index contributed by atoms with van der Waals surface area (Å²) in [4.78, 5) is 30.7. The molecule has 0 unspecified atom stereocenters. The molecule has 0 spiro atoms. The first-order valence-electron chi connectivity index (χ1n) is 7.97. The molecule has 6 nitrogen and oxygen atoms in total. The number of imidazole rings is 1. The fraction of sp³-hybridized carbons (Fsp3) is 0.167. The minimum atomic E-state index is -4.91. The number of halogens is 4. The quantitative estimate of drug-likeness (QED) is 0.592. The molecule has 0 fully saturated rings. The topological polar surface area (TPSA) is 95.1 Å². The molecule has 1 heterocycles. The van der Waals surface area contributed by atoms with Gasteiger partial charge in [0.15, 0.2) is 0 Å². The van der Waals surface area contributed by atoms with Crippen molar-refractivity contribution in [2.24, 2.45) is 0 Å². The van der Waals surface area contributed by atoms with E-state index in [4.69, 9.17) is 16.7 Å². The van der Waals surface area contributed by atoms with Crippen molar-refractivity contribution in [2.75, 3.05) is 0 Å². The number of carbonyl (C=O) groups is 2. The van der Waals surface area contributed by atoms with Gasteiger partial charge in [-0.15, -0.1) is 0 Å². The van der Waals surface area contributed by atoms with Crippen molar-refractivity contribution >= 4 is 34.5 Å². The van der Waals surface area contributed by atoms with Crippen LogP contribution < -0.4 is 5.32 Å². The number of nitrogens with one attached hydrogen (secondary N) is 2. The molecule has 146 valence electrons. The monoisotopic (exact) mass is 411 g/mol. The zero-order valence-corrected chi connectivity index (χ0v) is 15.0. The predicted molar refractivity (Wildman–Crippen MR) is 95.4 cm³/mol. The van der Waals surface area contributed by atoms with Crippen LogP contribution in [0.4, 0.5) is 13.2 Å². The molecule has 0 saturated carbocycles. The van der Waals surface area contributed by atoms with Gasteiger partial charge in [0.1, 0.15) is 5.82 Å². The Morgan fingerprint density at radius 1 is 1.21 bits per heavy atom. The van der Waals surface area contributed by atoms with Crippen LogP contribution in [-0.2, 0) is 6.18 Å². The molecule has 3 aromatic rings. The maximum Gasteiger partial charge on any atom is 0.417 e. The van der Waals surface area contributed by atoms with E-state index in [1.165, 1.54) is 0 Å². The Hall–Kier alpha value is -3.07. The van der Waals surface area contributed by atoms with Crippen LogP contribution in [0.1, 0.15) is 45.1 Å². The van der Waals surface area contributed by atoms with Crippen LogP contribution in [0, 0.1) is 0 Å². The Kier molecular flexibility index (Phi) is 5.03. The Morgan fingerprint density at radius 2 is 1.93 bits per heavy atom. The molecule has 1 aromatic heterocycles. The number of carboxylic acid groups (broad SMARTS) is 1. The Balaban J connectivity index is 1.86. The minimum absolute atomic E-state index is 0.316. The third-order valence-electron chi connectivity index (χ3n) is 4.04. The van der Waals surface area contributed by atoms with Crippen LogP contribution >= 0.6 is 11.6 Å². The standard InChI is InChI=1S/C18H13ClF3N3O3/c1-8(15-24-13-5-3-10(19)7-14(13)25-15)23-16(26)9-2-4-11(17(27)28)12(6-9)18(20,21)22/h2-8H,1H3,(H,23,26)(H,24,25)(H,27,28)/t8-/m0/s1. The molecular weight excluding hydrogens is 399 g/mol. The maximum atomic E-state index is 13.1. The number of carboxylic acids is 1. The number of amides is 1. The average Bonchev–Trinajstić information content (AvgIpc) is 3.03. The highest BCUT2D eigenvalue weighted by Gasteiger charge is 2.36. The molecule has 1 atom stereocenters. The smallest absolute Gasteiger partial charge is 0.417 e. The molecule has 2 aromatic carbocycles. The molecule has 0 aliphatic rings. The molecule has 10 heteroatoms. The van der Waals surface area contributed by atoms with Crippen LogP contribution in [0.2, 0.25) is 5.02 Å². The maximum absolute atomic E-state index is 13.1. The van der Waals surface area contributed by atoms with Gasteiger partial charge in [-0.2, -0.15) is 13.2 Å². The SMILES string of the molecule is C[C@H](NC(=O)c1ccc(C(=O)O)c(C(F)(F)F)c1)c1nc2cc(Cl)ccc2[nH]1. The Morgan fingerprint density at radius 3 is 2.57 bits per heavy atom. The Labute approximate surface area is 161 Å². The van der Waals surface area contributed by atoms with Gasteiger partial charge in [-0.25, -0.2) is 9.78 Å². The van der Waals surface area contributed by atoms with E-state index in [2.05, 4.69) is 15.3 Å². The lowest BCUT2D eigenvalue weighted by molar-refractivity contribution is -0.138. The molecular formula is C18H13ClF3N3O3. The minimum Gasteiger partial charge on any atom is -0.478 e. The summed E-state index contributed by atoms with van der Waals surface area (Å²) in [7, 11) is 0. The van der Waals surface area contributed by atoms with Crippen LogP contribution in [0.25, 0.3) is 11.0 Å². The number of hydrogen-bond acceptors (Lipinski definition) is 3. The lowest BCUT2D eigenvalue weighted by Gasteiger charge is -2.14. The number of aromatic carboxylic acids is 1. The molecule has 3 rings (SSSR count). The summed E-state index contributed by atoms with van der Waals surface area (Å²) in [5.41, 5.74) is -1.37. The highest BCUT2D eigenvalue weighted by molar-refractivity contribution is 6.31. The van der Waals surface area contributed by atoms with Gasteiger partial charge >= 0.3 is 12.1 Å². The van der Waals surface area contributed by atoms with Crippen LogP contribution in [-0.4, -0.2) is 27.0 Å². The third-order valence-corrected chi connectivity index (χ3v) is 4.27. The summed E-state index contributed by atoms with van der Waals surface area (Å²) < 4.78 is 39.3. The molecule has 0 radical (unpaired) electrons. The second-order valence-corrected chi connectivity index (χ2v) is 6.48. The summed E-state index contributed by atoms with van der Waals surface area (Å²) in [5.74, 6) is -2.13. The number of alkyl halides is 3. The lowest BCUT2D eigenvalue weighted by Crippen LogP contribution is -2.28. The van der Waals surface area contributed by atoms with E-state index in [0.29, 0.717) is 27.9 Å². The van der Waals surface area contributed by atoms with Gasteiger partial charge < -0.3 is 15.4 Å². The summed E-state index contributed by atoms with van der Waals surface area (Å²) in [5, 5.41) is 11.9. The number of benzene rings is 2. The summed E-state index contributed by atoms with van der Waals surface area (Å²) in [6.45, 7) is 1.60. The van der Waals surface area contributed by atoms with E-state index in [1.807, 2.05) is 0 Å². The van der Waals surface area contributed by atoms with Gasteiger partial charge in [-0.1, -0.05) is 11.6 Å². The Bertz CT molecular complexity index is 1080. The van der Waals surface area contributed by atoms with Gasteiger partial charge in [-0.05, 0) is 43.3 Å².